The van der Waals surface area contributed by atoms with Crippen LogP contribution in [-0.4, -0.2) is 47.6 Å². The van der Waals surface area contributed by atoms with Crippen molar-refractivity contribution in [2.24, 2.45) is 0 Å². The number of aromatic nitrogens is 3. The van der Waals surface area contributed by atoms with E-state index in [0.29, 0.717) is 6.54 Å². The van der Waals surface area contributed by atoms with Crippen LogP contribution in [0.3, 0.4) is 0 Å². The number of carbonyl (C=O) groups excluding carboxylic acids is 1. The number of hydrogen-bond donors (Lipinski definition) is 1. The Bertz CT molecular complexity index is 968. The minimum absolute atomic E-state index is 0.0339. The standard InChI is InChI=1S/C22H27N5O2S/c1-5-27-21(17-8-12-19(29-4)13-9-17)24-25-22(27)30-15-20(28)23-14-16-6-10-18(11-7-16)26(2)3/h6-13H,5,14-15H2,1-4H3,(H,23,28). The molecule has 0 radical (unpaired) electrons. The molecule has 2 aromatic carbocycles. The van der Waals surface area contributed by atoms with Crippen LogP contribution >= 0.6 is 11.8 Å². The predicted octanol–water partition coefficient (Wildman–Crippen LogP) is 3.45. The Hall–Kier alpha value is -3.00. The molecule has 0 spiro atoms. The van der Waals surface area contributed by atoms with Crippen LogP contribution in [0.5, 0.6) is 5.75 Å². The van der Waals surface area contributed by atoms with Crippen LogP contribution in [0, 0.1) is 0 Å². The molecule has 1 amide bonds. The Morgan fingerprint density at radius 2 is 1.80 bits per heavy atom. The molecule has 0 aliphatic heterocycles. The number of amides is 1. The van der Waals surface area contributed by atoms with Crippen LogP contribution in [0.4, 0.5) is 5.69 Å². The Labute approximate surface area is 181 Å². The number of carbonyl (C=O) groups is 1. The minimum Gasteiger partial charge on any atom is -0.497 e. The summed E-state index contributed by atoms with van der Waals surface area (Å²) in [5, 5.41) is 12.3. The van der Waals surface area contributed by atoms with Crippen molar-refractivity contribution >= 4 is 23.4 Å². The first-order chi connectivity index (χ1) is 14.5. The maximum atomic E-state index is 12.3. The fourth-order valence-electron chi connectivity index (χ4n) is 2.93. The lowest BCUT2D eigenvalue weighted by Gasteiger charge is -2.13. The summed E-state index contributed by atoms with van der Waals surface area (Å²) in [5.74, 6) is 1.83. The van der Waals surface area contributed by atoms with Crippen molar-refractivity contribution in [3.05, 3.63) is 54.1 Å². The van der Waals surface area contributed by atoms with Gasteiger partial charge < -0.3 is 19.5 Å². The number of benzene rings is 2. The number of anilines is 1. The van der Waals surface area contributed by atoms with Gasteiger partial charge >= 0.3 is 0 Å². The topological polar surface area (TPSA) is 72.3 Å². The lowest BCUT2D eigenvalue weighted by Crippen LogP contribution is -2.24. The lowest BCUT2D eigenvalue weighted by molar-refractivity contribution is -0.118. The van der Waals surface area contributed by atoms with Crippen molar-refractivity contribution in [1.82, 2.24) is 20.1 Å². The van der Waals surface area contributed by atoms with Crippen molar-refractivity contribution in [1.29, 1.82) is 0 Å². The second-order valence-corrected chi connectivity index (χ2v) is 7.85. The van der Waals surface area contributed by atoms with Gasteiger partial charge in [0.1, 0.15) is 5.75 Å². The van der Waals surface area contributed by atoms with E-state index in [-0.39, 0.29) is 11.7 Å². The molecule has 0 saturated heterocycles. The average molecular weight is 426 g/mol. The van der Waals surface area contributed by atoms with Gasteiger partial charge in [-0.15, -0.1) is 10.2 Å². The third kappa shape index (κ3) is 5.33. The van der Waals surface area contributed by atoms with E-state index in [4.69, 9.17) is 4.74 Å². The van der Waals surface area contributed by atoms with Crippen LogP contribution in [-0.2, 0) is 17.9 Å². The van der Waals surface area contributed by atoms with Gasteiger partial charge in [0.25, 0.3) is 0 Å². The summed E-state index contributed by atoms with van der Waals surface area (Å²) >= 11 is 1.39. The highest BCUT2D eigenvalue weighted by molar-refractivity contribution is 7.99. The van der Waals surface area contributed by atoms with Gasteiger partial charge in [0.05, 0.1) is 12.9 Å². The largest absolute Gasteiger partial charge is 0.497 e. The molecule has 0 fully saturated rings. The smallest absolute Gasteiger partial charge is 0.230 e. The fourth-order valence-corrected chi connectivity index (χ4v) is 3.76. The third-order valence-electron chi connectivity index (χ3n) is 4.66. The quantitative estimate of drug-likeness (QED) is 0.530. The highest BCUT2D eigenvalue weighted by atomic mass is 32.2. The molecule has 3 rings (SSSR count). The highest BCUT2D eigenvalue weighted by Crippen LogP contribution is 2.25. The van der Waals surface area contributed by atoms with Gasteiger partial charge in [-0.1, -0.05) is 23.9 Å². The summed E-state index contributed by atoms with van der Waals surface area (Å²) in [6, 6.07) is 15.8. The molecule has 0 saturated carbocycles. The van der Waals surface area contributed by atoms with Gasteiger partial charge in [-0.05, 0) is 48.9 Å². The van der Waals surface area contributed by atoms with Crippen molar-refractivity contribution < 1.29 is 9.53 Å². The first kappa shape index (κ1) is 21.7. The maximum Gasteiger partial charge on any atom is 0.230 e. The number of ether oxygens (including phenoxy) is 1. The maximum absolute atomic E-state index is 12.3. The van der Waals surface area contributed by atoms with Gasteiger partial charge in [0.2, 0.25) is 5.91 Å². The van der Waals surface area contributed by atoms with Gasteiger partial charge in [0, 0.05) is 38.4 Å². The molecule has 0 unspecified atom stereocenters. The van der Waals surface area contributed by atoms with E-state index >= 15 is 0 Å². The molecule has 0 aliphatic rings. The van der Waals surface area contributed by atoms with E-state index in [1.807, 2.05) is 79.0 Å². The summed E-state index contributed by atoms with van der Waals surface area (Å²) in [5.41, 5.74) is 3.16. The zero-order chi connectivity index (χ0) is 21.5. The SMILES string of the molecule is CCn1c(SCC(=O)NCc2ccc(N(C)C)cc2)nnc1-c1ccc(OC)cc1. The summed E-state index contributed by atoms with van der Waals surface area (Å²) < 4.78 is 7.22. The number of methoxy groups -OCH3 is 1. The normalized spacial score (nSPS) is 10.7. The summed E-state index contributed by atoms with van der Waals surface area (Å²) in [6.07, 6.45) is 0. The molecule has 1 N–H and O–H groups in total. The van der Waals surface area contributed by atoms with Crippen LogP contribution in [0.25, 0.3) is 11.4 Å². The number of nitrogens with one attached hydrogen (secondary N) is 1. The third-order valence-corrected chi connectivity index (χ3v) is 5.62. The lowest BCUT2D eigenvalue weighted by atomic mass is 10.2. The molecule has 30 heavy (non-hydrogen) atoms. The van der Waals surface area contributed by atoms with Gasteiger partial charge in [0.15, 0.2) is 11.0 Å². The van der Waals surface area contributed by atoms with Gasteiger partial charge in [-0.2, -0.15) is 0 Å². The fraction of sp³-hybridized carbons (Fsp3) is 0.318. The number of thioether (sulfide) groups is 1. The van der Waals surface area contributed by atoms with Crippen molar-refractivity contribution in [2.75, 3.05) is 31.9 Å². The Balaban J connectivity index is 1.57. The molecule has 0 bridgehead atoms. The minimum atomic E-state index is -0.0339. The molecule has 7 nitrogen and oxygen atoms in total. The highest BCUT2D eigenvalue weighted by Gasteiger charge is 2.14. The molecule has 1 aromatic heterocycles. The van der Waals surface area contributed by atoms with E-state index in [1.54, 1.807) is 7.11 Å². The number of hydrogen-bond acceptors (Lipinski definition) is 6. The van der Waals surface area contributed by atoms with E-state index in [2.05, 4.69) is 15.5 Å². The second-order valence-electron chi connectivity index (χ2n) is 6.91. The van der Waals surface area contributed by atoms with E-state index in [1.165, 1.54) is 11.8 Å². The van der Waals surface area contributed by atoms with E-state index in [9.17, 15) is 4.79 Å². The van der Waals surface area contributed by atoms with E-state index in [0.717, 1.165) is 40.1 Å². The molecule has 8 heteroatoms. The Morgan fingerprint density at radius 1 is 1.10 bits per heavy atom. The molecular formula is C22H27N5O2S. The van der Waals surface area contributed by atoms with Crippen LogP contribution in [0.2, 0.25) is 0 Å². The Kier molecular flexibility index (Phi) is 7.35. The molecule has 0 atom stereocenters. The number of nitrogens with zero attached hydrogens (tertiary/aromatic N) is 4. The number of rotatable bonds is 9. The molecule has 0 aliphatic carbocycles. The molecule has 158 valence electrons. The summed E-state index contributed by atoms with van der Waals surface area (Å²) in [6.45, 7) is 3.26. The van der Waals surface area contributed by atoms with Crippen molar-refractivity contribution in [2.45, 2.75) is 25.2 Å². The van der Waals surface area contributed by atoms with E-state index < -0.39 is 0 Å². The van der Waals surface area contributed by atoms with Crippen molar-refractivity contribution in [3.8, 4) is 17.1 Å². The van der Waals surface area contributed by atoms with Gasteiger partial charge in [-0.3, -0.25) is 4.79 Å². The Morgan fingerprint density at radius 3 is 2.40 bits per heavy atom. The first-order valence-electron chi connectivity index (χ1n) is 9.75. The zero-order valence-corrected chi connectivity index (χ0v) is 18.6. The molecular weight excluding hydrogens is 398 g/mol. The van der Waals surface area contributed by atoms with Crippen molar-refractivity contribution in [3.63, 3.8) is 0 Å². The predicted molar refractivity (Wildman–Crippen MR) is 121 cm³/mol. The summed E-state index contributed by atoms with van der Waals surface area (Å²) in [4.78, 5) is 14.3. The molecule has 1 heterocycles. The monoisotopic (exact) mass is 425 g/mol. The summed E-state index contributed by atoms with van der Waals surface area (Å²) in [7, 11) is 5.65. The van der Waals surface area contributed by atoms with Crippen LogP contribution in [0.15, 0.2) is 53.7 Å². The van der Waals surface area contributed by atoms with Gasteiger partial charge in [-0.25, -0.2) is 0 Å². The second kappa shape index (κ2) is 10.2. The van der Waals surface area contributed by atoms with Crippen LogP contribution < -0.4 is 15.0 Å². The molecule has 3 aromatic rings. The zero-order valence-electron chi connectivity index (χ0n) is 17.8. The van der Waals surface area contributed by atoms with Crippen LogP contribution in [0.1, 0.15) is 12.5 Å². The average Bonchev–Trinajstić information content (AvgIpc) is 3.19. The first-order valence-corrected chi connectivity index (χ1v) is 10.7.